The quantitative estimate of drug-likeness (QED) is 0.695. The Morgan fingerprint density at radius 2 is 2.22 bits per heavy atom. The van der Waals surface area contributed by atoms with Crippen LogP contribution < -0.4 is 5.32 Å². The number of hydrogen-bond donors (Lipinski definition) is 3. The summed E-state index contributed by atoms with van der Waals surface area (Å²) in [5.41, 5.74) is 0.785. The second-order valence-corrected chi connectivity index (χ2v) is 4.58. The highest BCUT2D eigenvalue weighted by molar-refractivity contribution is 5.79. The van der Waals surface area contributed by atoms with E-state index in [0.717, 1.165) is 12.0 Å². The number of aliphatic hydroxyl groups is 1. The Labute approximate surface area is 106 Å². The first-order valence-electron chi connectivity index (χ1n) is 6.04. The van der Waals surface area contributed by atoms with Gasteiger partial charge in [-0.15, -0.1) is 0 Å². The number of aromatic hydroxyl groups is 1. The zero-order valence-corrected chi connectivity index (χ0v) is 10.0. The van der Waals surface area contributed by atoms with Crippen LogP contribution in [0.4, 0.5) is 0 Å². The lowest BCUT2D eigenvalue weighted by atomic mass is 10.1. The largest absolute Gasteiger partial charge is 0.508 e. The molecule has 2 atom stereocenters. The average Bonchev–Trinajstić information content (AvgIpc) is 2.76. The maximum Gasteiger partial charge on any atom is 0.224 e. The van der Waals surface area contributed by atoms with Gasteiger partial charge in [0.25, 0.3) is 0 Å². The summed E-state index contributed by atoms with van der Waals surface area (Å²) in [4.78, 5) is 11.8. The van der Waals surface area contributed by atoms with Crippen molar-refractivity contribution in [2.75, 3.05) is 6.61 Å². The van der Waals surface area contributed by atoms with Crippen molar-refractivity contribution < 1.29 is 15.0 Å². The zero-order chi connectivity index (χ0) is 13.0. The van der Waals surface area contributed by atoms with Crippen molar-refractivity contribution >= 4 is 5.91 Å². The fourth-order valence-corrected chi connectivity index (χ4v) is 2.13. The maximum atomic E-state index is 11.8. The Balaban J connectivity index is 1.84. The van der Waals surface area contributed by atoms with E-state index in [2.05, 4.69) is 5.32 Å². The molecule has 1 aromatic rings. The summed E-state index contributed by atoms with van der Waals surface area (Å²) in [6.07, 6.45) is 4.85. The zero-order valence-electron chi connectivity index (χ0n) is 10.0. The van der Waals surface area contributed by atoms with Crippen LogP contribution in [0, 0.1) is 5.92 Å². The molecule has 1 aromatic carbocycles. The molecule has 0 saturated carbocycles. The van der Waals surface area contributed by atoms with E-state index in [-0.39, 0.29) is 36.6 Å². The highest BCUT2D eigenvalue weighted by atomic mass is 16.3. The second kappa shape index (κ2) is 5.69. The Kier molecular flexibility index (Phi) is 3.99. The number of carbonyl (C=O) groups excluding carboxylic acids is 1. The van der Waals surface area contributed by atoms with Crippen LogP contribution in [0.15, 0.2) is 36.4 Å². The first-order chi connectivity index (χ1) is 8.67. The minimum Gasteiger partial charge on any atom is -0.508 e. The Morgan fingerprint density at radius 3 is 2.89 bits per heavy atom. The van der Waals surface area contributed by atoms with Crippen LogP contribution in [0.25, 0.3) is 0 Å². The Hall–Kier alpha value is -1.81. The molecule has 0 aliphatic heterocycles. The summed E-state index contributed by atoms with van der Waals surface area (Å²) in [7, 11) is 0. The fraction of sp³-hybridized carbons (Fsp3) is 0.357. The van der Waals surface area contributed by atoms with E-state index >= 15 is 0 Å². The third-order valence-corrected chi connectivity index (χ3v) is 3.03. The van der Waals surface area contributed by atoms with Crippen molar-refractivity contribution in [2.24, 2.45) is 5.92 Å². The van der Waals surface area contributed by atoms with Crippen LogP contribution >= 0.6 is 0 Å². The molecular weight excluding hydrogens is 230 g/mol. The molecular formula is C14H17NO3. The van der Waals surface area contributed by atoms with Gasteiger partial charge in [-0.2, -0.15) is 0 Å². The molecule has 2 rings (SSSR count). The van der Waals surface area contributed by atoms with Crippen LogP contribution in [0.3, 0.4) is 0 Å². The minimum absolute atomic E-state index is 0.00644. The minimum atomic E-state index is -0.0751. The lowest BCUT2D eigenvalue weighted by Gasteiger charge is -2.12. The van der Waals surface area contributed by atoms with E-state index in [1.54, 1.807) is 24.3 Å². The number of amides is 1. The van der Waals surface area contributed by atoms with Gasteiger partial charge in [0.2, 0.25) is 5.91 Å². The summed E-state index contributed by atoms with van der Waals surface area (Å²) in [6.45, 7) is 0.120. The van der Waals surface area contributed by atoms with Crippen LogP contribution in [0.5, 0.6) is 5.75 Å². The number of nitrogens with one attached hydrogen (secondary N) is 1. The van der Waals surface area contributed by atoms with Gasteiger partial charge in [0.1, 0.15) is 5.75 Å². The summed E-state index contributed by atoms with van der Waals surface area (Å²) in [5.74, 6) is 0.242. The van der Waals surface area contributed by atoms with Gasteiger partial charge in [0, 0.05) is 18.6 Å². The van der Waals surface area contributed by atoms with Gasteiger partial charge in [0.15, 0.2) is 0 Å². The van der Waals surface area contributed by atoms with Crippen LogP contribution in [-0.2, 0) is 11.2 Å². The van der Waals surface area contributed by atoms with Crippen LogP contribution in [-0.4, -0.2) is 28.8 Å². The molecule has 0 spiro atoms. The lowest BCUT2D eigenvalue weighted by molar-refractivity contribution is -0.120. The predicted molar refractivity (Wildman–Crippen MR) is 68.1 cm³/mol. The van der Waals surface area contributed by atoms with Gasteiger partial charge < -0.3 is 15.5 Å². The highest BCUT2D eigenvalue weighted by Gasteiger charge is 2.19. The van der Waals surface area contributed by atoms with Crippen LogP contribution in [0.1, 0.15) is 12.0 Å². The number of phenolic OH excluding ortho intramolecular Hbond substituents is 1. The van der Waals surface area contributed by atoms with Gasteiger partial charge in [0.05, 0.1) is 6.42 Å². The molecule has 0 heterocycles. The normalized spacial score (nSPS) is 22.1. The first kappa shape index (κ1) is 12.6. The lowest BCUT2D eigenvalue weighted by Crippen LogP contribution is -2.34. The number of carbonyl (C=O) groups is 1. The van der Waals surface area contributed by atoms with E-state index in [9.17, 15) is 9.90 Å². The average molecular weight is 247 g/mol. The van der Waals surface area contributed by atoms with E-state index in [0.29, 0.717) is 0 Å². The van der Waals surface area contributed by atoms with Crippen molar-refractivity contribution in [3.63, 3.8) is 0 Å². The van der Waals surface area contributed by atoms with Gasteiger partial charge in [-0.05, 0) is 24.1 Å². The molecule has 18 heavy (non-hydrogen) atoms. The second-order valence-electron chi connectivity index (χ2n) is 4.58. The van der Waals surface area contributed by atoms with Crippen molar-refractivity contribution in [3.05, 3.63) is 42.0 Å². The Morgan fingerprint density at radius 1 is 1.39 bits per heavy atom. The number of benzene rings is 1. The van der Waals surface area contributed by atoms with Gasteiger partial charge in [-0.3, -0.25) is 4.79 Å². The molecule has 1 aliphatic rings. The molecule has 96 valence electrons. The van der Waals surface area contributed by atoms with Crippen molar-refractivity contribution in [3.8, 4) is 5.75 Å². The third kappa shape index (κ3) is 3.34. The SMILES string of the molecule is O=C(Cc1cccc(O)c1)N[C@@H]1C=C[C@H](CO)C1. The molecule has 0 aromatic heterocycles. The number of aliphatic hydroxyl groups excluding tert-OH is 1. The molecule has 0 bridgehead atoms. The smallest absolute Gasteiger partial charge is 0.224 e. The van der Waals surface area contributed by atoms with Gasteiger partial charge in [-0.1, -0.05) is 24.3 Å². The molecule has 1 aliphatic carbocycles. The number of hydrogen-bond acceptors (Lipinski definition) is 3. The van der Waals surface area contributed by atoms with E-state index < -0.39 is 0 Å². The standard InChI is InChI=1S/C14H17NO3/c16-9-11-4-5-12(6-11)15-14(18)8-10-2-1-3-13(17)7-10/h1-5,7,11-12,16-17H,6,8-9H2,(H,15,18)/t11-,12+/m0/s1. The summed E-state index contributed by atoms with van der Waals surface area (Å²) in [6, 6.07) is 6.69. The highest BCUT2D eigenvalue weighted by Crippen LogP contribution is 2.17. The van der Waals surface area contributed by atoms with E-state index in [1.165, 1.54) is 0 Å². The fourth-order valence-electron chi connectivity index (χ4n) is 2.13. The first-order valence-corrected chi connectivity index (χ1v) is 6.04. The van der Waals surface area contributed by atoms with Gasteiger partial charge in [-0.25, -0.2) is 0 Å². The molecule has 0 fully saturated rings. The monoisotopic (exact) mass is 247 g/mol. The molecule has 0 radical (unpaired) electrons. The Bertz CT molecular complexity index is 456. The molecule has 0 saturated heterocycles. The van der Waals surface area contributed by atoms with Gasteiger partial charge >= 0.3 is 0 Å². The van der Waals surface area contributed by atoms with E-state index in [1.807, 2.05) is 12.2 Å². The topological polar surface area (TPSA) is 69.6 Å². The van der Waals surface area contributed by atoms with Crippen molar-refractivity contribution in [1.82, 2.24) is 5.32 Å². The molecule has 4 heteroatoms. The van der Waals surface area contributed by atoms with Crippen molar-refractivity contribution in [2.45, 2.75) is 18.9 Å². The molecule has 0 unspecified atom stereocenters. The number of rotatable bonds is 4. The summed E-state index contributed by atoms with van der Waals surface area (Å²) < 4.78 is 0. The molecule has 3 N–H and O–H groups in total. The van der Waals surface area contributed by atoms with E-state index in [4.69, 9.17) is 5.11 Å². The summed E-state index contributed by atoms with van der Waals surface area (Å²) >= 11 is 0. The molecule has 4 nitrogen and oxygen atoms in total. The van der Waals surface area contributed by atoms with Crippen molar-refractivity contribution in [1.29, 1.82) is 0 Å². The molecule has 1 amide bonds. The third-order valence-electron chi connectivity index (χ3n) is 3.03. The van der Waals surface area contributed by atoms with Crippen LogP contribution in [0.2, 0.25) is 0 Å². The number of phenols is 1. The summed E-state index contributed by atoms with van der Waals surface area (Å²) in [5, 5.41) is 21.2. The predicted octanol–water partition coefficient (Wildman–Crippen LogP) is 0.988. The maximum absolute atomic E-state index is 11.8.